The van der Waals surface area contributed by atoms with Gasteiger partial charge in [-0.15, -0.1) is 0 Å². The van der Waals surface area contributed by atoms with E-state index in [-0.39, 0.29) is 6.04 Å². The highest BCUT2D eigenvalue weighted by atomic mass is 32.2. The first kappa shape index (κ1) is 10.3. The van der Waals surface area contributed by atoms with Crippen LogP contribution in [0.4, 0.5) is 0 Å². The van der Waals surface area contributed by atoms with Crippen molar-refractivity contribution in [2.45, 2.75) is 19.4 Å². The van der Waals surface area contributed by atoms with Crippen molar-refractivity contribution >= 4 is 22.1 Å². The number of hydrogen-bond acceptors (Lipinski definition) is 3. The molecule has 1 aliphatic heterocycles. The van der Waals surface area contributed by atoms with Gasteiger partial charge in [0.15, 0.2) is 0 Å². The minimum atomic E-state index is -4.02. The van der Waals surface area contributed by atoms with Crippen LogP contribution in [-0.4, -0.2) is 30.5 Å². The van der Waals surface area contributed by atoms with Crippen LogP contribution in [-0.2, 0) is 10.3 Å². The van der Waals surface area contributed by atoms with Crippen molar-refractivity contribution in [3.05, 3.63) is 0 Å². The Hall–Kier alpha value is 0.220. The van der Waals surface area contributed by atoms with E-state index in [0.717, 1.165) is 17.9 Å². The van der Waals surface area contributed by atoms with Crippen LogP contribution in [0.1, 0.15) is 13.3 Å². The molecule has 1 fully saturated rings. The monoisotopic (exact) mass is 211 g/mol. The largest absolute Gasteiger partial charge is 0.333 e. The standard InChI is InChI=1S/C6H13NO3S2/c1-5-2-3-11-4-6(5)7-12(8,9)10/h5-7H,2-4H2,1H3,(H,8,9,10)/t5-,6+/m0/s1. The first-order valence-electron chi connectivity index (χ1n) is 3.81. The van der Waals surface area contributed by atoms with E-state index >= 15 is 0 Å². The van der Waals surface area contributed by atoms with Crippen molar-refractivity contribution in [3.63, 3.8) is 0 Å². The van der Waals surface area contributed by atoms with Crippen molar-refractivity contribution in [3.8, 4) is 0 Å². The highest BCUT2D eigenvalue weighted by Gasteiger charge is 2.24. The topological polar surface area (TPSA) is 66.4 Å². The van der Waals surface area contributed by atoms with Gasteiger partial charge in [0.2, 0.25) is 0 Å². The highest BCUT2D eigenvalue weighted by molar-refractivity contribution is 7.99. The van der Waals surface area contributed by atoms with E-state index in [0.29, 0.717) is 5.92 Å². The van der Waals surface area contributed by atoms with E-state index in [1.807, 2.05) is 6.92 Å². The van der Waals surface area contributed by atoms with E-state index in [1.54, 1.807) is 11.8 Å². The summed E-state index contributed by atoms with van der Waals surface area (Å²) in [5.41, 5.74) is 0. The zero-order chi connectivity index (χ0) is 9.19. The van der Waals surface area contributed by atoms with Gasteiger partial charge in [-0.05, 0) is 18.1 Å². The van der Waals surface area contributed by atoms with Crippen LogP contribution in [0.15, 0.2) is 0 Å². The predicted octanol–water partition coefficient (Wildman–Crippen LogP) is 0.520. The second-order valence-corrected chi connectivity index (χ2v) is 5.38. The van der Waals surface area contributed by atoms with Crippen LogP contribution < -0.4 is 4.72 Å². The fourth-order valence-electron chi connectivity index (χ4n) is 1.19. The third-order valence-electron chi connectivity index (χ3n) is 2.00. The summed E-state index contributed by atoms with van der Waals surface area (Å²) in [6.07, 6.45) is 0.998. The summed E-state index contributed by atoms with van der Waals surface area (Å²) < 4.78 is 31.7. The van der Waals surface area contributed by atoms with Gasteiger partial charge in [0, 0.05) is 11.8 Å². The molecule has 0 radical (unpaired) electrons. The molecule has 2 atom stereocenters. The molecular weight excluding hydrogens is 198 g/mol. The molecule has 4 nitrogen and oxygen atoms in total. The van der Waals surface area contributed by atoms with E-state index < -0.39 is 10.3 Å². The number of rotatable bonds is 2. The fraction of sp³-hybridized carbons (Fsp3) is 1.00. The quantitative estimate of drug-likeness (QED) is 0.654. The summed E-state index contributed by atoms with van der Waals surface area (Å²) in [5, 5.41) is 0. The second-order valence-electron chi connectivity index (χ2n) is 3.04. The Morgan fingerprint density at radius 2 is 2.25 bits per heavy atom. The Morgan fingerprint density at radius 1 is 1.58 bits per heavy atom. The first-order valence-corrected chi connectivity index (χ1v) is 6.41. The molecule has 1 aliphatic rings. The maximum Gasteiger partial charge on any atom is 0.333 e. The molecule has 12 heavy (non-hydrogen) atoms. The lowest BCUT2D eigenvalue weighted by atomic mass is 10.0. The van der Waals surface area contributed by atoms with Crippen molar-refractivity contribution in [2.24, 2.45) is 5.92 Å². The molecule has 0 amide bonds. The molecule has 1 heterocycles. The molecule has 6 heteroatoms. The Balaban J connectivity index is 2.50. The lowest BCUT2D eigenvalue weighted by molar-refractivity contribution is 0.401. The maximum absolute atomic E-state index is 10.5. The third kappa shape index (κ3) is 3.30. The van der Waals surface area contributed by atoms with Crippen molar-refractivity contribution in [1.82, 2.24) is 4.72 Å². The van der Waals surface area contributed by atoms with Crippen LogP contribution in [0.5, 0.6) is 0 Å². The Morgan fingerprint density at radius 3 is 2.75 bits per heavy atom. The first-order chi connectivity index (χ1) is 5.49. The number of thioether (sulfide) groups is 1. The summed E-state index contributed by atoms with van der Waals surface area (Å²) >= 11 is 1.71. The zero-order valence-corrected chi connectivity index (χ0v) is 8.49. The lowest BCUT2D eigenvalue weighted by Gasteiger charge is -2.27. The van der Waals surface area contributed by atoms with Crippen LogP contribution in [0.2, 0.25) is 0 Å². The number of hydrogen-bond donors (Lipinski definition) is 2. The van der Waals surface area contributed by atoms with Crippen LogP contribution in [0.3, 0.4) is 0 Å². The van der Waals surface area contributed by atoms with Gasteiger partial charge in [0.1, 0.15) is 0 Å². The predicted molar refractivity (Wildman–Crippen MR) is 49.6 cm³/mol. The molecule has 0 unspecified atom stereocenters. The minimum Gasteiger partial charge on any atom is -0.273 e. The second kappa shape index (κ2) is 3.95. The van der Waals surface area contributed by atoms with Gasteiger partial charge < -0.3 is 0 Å². The van der Waals surface area contributed by atoms with Crippen molar-refractivity contribution in [2.75, 3.05) is 11.5 Å². The Labute approximate surface area is 77.0 Å². The van der Waals surface area contributed by atoms with Crippen LogP contribution in [0, 0.1) is 5.92 Å². The number of nitrogens with one attached hydrogen (secondary N) is 1. The molecule has 1 rings (SSSR count). The molecule has 0 aromatic heterocycles. The van der Waals surface area contributed by atoms with Gasteiger partial charge in [-0.3, -0.25) is 4.55 Å². The Bertz CT molecular complexity index is 239. The summed E-state index contributed by atoms with van der Waals surface area (Å²) in [5.74, 6) is 2.14. The molecule has 1 saturated heterocycles. The molecule has 0 bridgehead atoms. The molecular formula is C6H13NO3S2. The van der Waals surface area contributed by atoms with Gasteiger partial charge >= 0.3 is 10.3 Å². The normalized spacial score (nSPS) is 31.8. The van der Waals surface area contributed by atoms with Crippen molar-refractivity contribution in [1.29, 1.82) is 0 Å². The summed E-state index contributed by atoms with van der Waals surface area (Å²) in [6, 6.07) is -0.112. The van der Waals surface area contributed by atoms with Crippen LogP contribution >= 0.6 is 11.8 Å². The van der Waals surface area contributed by atoms with E-state index in [1.165, 1.54) is 0 Å². The summed E-state index contributed by atoms with van der Waals surface area (Å²) in [7, 11) is -4.02. The summed E-state index contributed by atoms with van der Waals surface area (Å²) in [6.45, 7) is 1.99. The maximum atomic E-state index is 10.5. The fourth-order valence-corrected chi connectivity index (χ4v) is 3.36. The summed E-state index contributed by atoms with van der Waals surface area (Å²) in [4.78, 5) is 0. The average molecular weight is 211 g/mol. The van der Waals surface area contributed by atoms with Gasteiger partial charge in [-0.1, -0.05) is 6.92 Å². The van der Waals surface area contributed by atoms with Gasteiger partial charge in [-0.2, -0.15) is 24.9 Å². The van der Waals surface area contributed by atoms with E-state index in [2.05, 4.69) is 4.72 Å². The molecule has 2 N–H and O–H groups in total. The molecule has 0 aromatic carbocycles. The highest BCUT2D eigenvalue weighted by Crippen LogP contribution is 2.22. The average Bonchev–Trinajstić information content (AvgIpc) is 1.91. The minimum absolute atomic E-state index is 0.112. The molecule has 72 valence electrons. The van der Waals surface area contributed by atoms with E-state index in [4.69, 9.17) is 4.55 Å². The lowest BCUT2D eigenvalue weighted by Crippen LogP contribution is -2.42. The van der Waals surface area contributed by atoms with Gasteiger partial charge in [-0.25, -0.2) is 0 Å². The SMILES string of the molecule is C[C@H]1CCSC[C@H]1NS(=O)(=O)O. The molecule has 0 aromatic rings. The zero-order valence-electron chi connectivity index (χ0n) is 6.86. The molecule has 0 spiro atoms. The smallest absolute Gasteiger partial charge is 0.273 e. The van der Waals surface area contributed by atoms with Crippen molar-refractivity contribution < 1.29 is 13.0 Å². The molecule has 0 aliphatic carbocycles. The Kier molecular flexibility index (Phi) is 3.39. The van der Waals surface area contributed by atoms with Gasteiger partial charge in [0.05, 0.1) is 0 Å². The molecule has 0 saturated carbocycles. The van der Waals surface area contributed by atoms with Crippen LogP contribution in [0.25, 0.3) is 0 Å². The third-order valence-corrected chi connectivity index (χ3v) is 3.72. The van der Waals surface area contributed by atoms with E-state index in [9.17, 15) is 8.42 Å². The van der Waals surface area contributed by atoms with Gasteiger partial charge in [0.25, 0.3) is 0 Å².